The maximum absolute atomic E-state index is 5.98. The Balaban J connectivity index is 2.34. The summed E-state index contributed by atoms with van der Waals surface area (Å²) in [5.41, 5.74) is 8.64. The number of benzene rings is 1. The van der Waals surface area contributed by atoms with Crippen LogP contribution in [0.15, 0.2) is 39.5 Å². The molecule has 0 atom stereocenters. The highest BCUT2D eigenvalue weighted by Crippen LogP contribution is 2.35. The molecule has 1 aromatic carbocycles. The third kappa shape index (κ3) is 1.46. The minimum absolute atomic E-state index is 0.630. The van der Waals surface area contributed by atoms with Crippen molar-refractivity contribution >= 4 is 32.7 Å². The fourth-order valence-corrected chi connectivity index (χ4v) is 2.30. The number of para-hydroxylation sites is 1. The molecule has 0 unspecified atom stereocenters. The topological polar surface area (TPSA) is 57.0 Å². The van der Waals surface area contributed by atoms with Gasteiger partial charge in [-0.25, -0.2) is 0 Å². The lowest BCUT2D eigenvalue weighted by Gasteiger charge is -2.01. The maximum Gasteiger partial charge on any atom is 0.143 e. The predicted octanol–water partition coefficient (Wildman–Crippen LogP) is 3.18. The average Bonchev–Trinajstić information content (AvgIpc) is 2.86. The van der Waals surface area contributed by atoms with Crippen LogP contribution in [-0.4, -0.2) is 9.78 Å². The van der Waals surface area contributed by atoms with E-state index in [1.54, 1.807) is 17.1 Å². The van der Waals surface area contributed by atoms with Crippen molar-refractivity contribution in [1.82, 2.24) is 9.78 Å². The summed E-state index contributed by atoms with van der Waals surface area (Å²) in [6, 6.07) is 5.95. The van der Waals surface area contributed by atoms with Gasteiger partial charge in [0.15, 0.2) is 0 Å². The van der Waals surface area contributed by atoms with E-state index in [1.807, 2.05) is 25.2 Å². The molecule has 0 aliphatic rings. The second-order valence-electron chi connectivity index (χ2n) is 3.83. The summed E-state index contributed by atoms with van der Waals surface area (Å²) >= 11 is 3.45. The molecule has 0 spiro atoms. The van der Waals surface area contributed by atoms with Crippen LogP contribution in [0.3, 0.4) is 0 Å². The van der Waals surface area contributed by atoms with Gasteiger partial charge in [0.2, 0.25) is 0 Å². The SMILES string of the molecule is Cn1ncc(-c2cccc3c(Br)coc23)c1N. The lowest BCUT2D eigenvalue weighted by Crippen LogP contribution is -1.98. The van der Waals surface area contributed by atoms with Gasteiger partial charge in [-0.2, -0.15) is 5.10 Å². The Morgan fingerprint density at radius 3 is 2.88 bits per heavy atom. The lowest BCUT2D eigenvalue weighted by atomic mass is 10.1. The molecule has 2 N–H and O–H groups in total. The van der Waals surface area contributed by atoms with Gasteiger partial charge in [-0.3, -0.25) is 4.68 Å². The van der Waals surface area contributed by atoms with E-state index in [2.05, 4.69) is 21.0 Å². The number of nitrogens with two attached hydrogens (primary N) is 1. The molecule has 0 bridgehead atoms. The molecule has 0 aliphatic heterocycles. The van der Waals surface area contributed by atoms with Gasteiger partial charge < -0.3 is 10.2 Å². The first-order valence-corrected chi connectivity index (χ1v) is 5.91. The molecule has 2 heterocycles. The van der Waals surface area contributed by atoms with Crippen molar-refractivity contribution in [2.75, 3.05) is 5.73 Å². The molecule has 0 radical (unpaired) electrons. The Bertz CT molecular complexity index is 699. The minimum Gasteiger partial charge on any atom is -0.462 e. The fraction of sp³-hybridized carbons (Fsp3) is 0.0833. The fourth-order valence-electron chi connectivity index (χ4n) is 1.89. The van der Waals surface area contributed by atoms with Crippen molar-refractivity contribution in [3.8, 4) is 11.1 Å². The van der Waals surface area contributed by atoms with Crippen molar-refractivity contribution in [3.05, 3.63) is 35.1 Å². The van der Waals surface area contributed by atoms with E-state index in [0.717, 1.165) is 26.6 Å². The smallest absolute Gasteiger partial charge is 0.143 e. The molecule has 3 rings (SSSR count). The zero-order valence-corrected chi connectivity index (χ0v) is 10.7. The van der Waals surface area contributed by atoms with E-state index < -0.39 is 0 Å². The number of anilines is 1. The van der Waals surface area contributed by atoms with E-state index in [9.17, 15) is 0 Å². The van der Waals surface area contributed by atoms with Crippen LogP contribution in [0.25, 0.3) is 22.1 Å². The first-order valence-electron chi connectivity index (χ1n) is 5.12. The summed E-state index contributed by atoms with van der Waals surface area (Å²) in [4.78, 5) is 0. The molecule has 0 saturated carbocycles. The number of halogens is 1. The van der Waals surface area contributed by atoms with E-state index in [4.69, 9.17) is 10.2 Å². The van der Waals surface area contributed by atoms with Crippen molar-refractivity contribution < 1.29 is 4.42 Å². The van der Waals surface area contributed by atoms with Gasteiger partial charge in [0, 0.05) is 23.6 Å². The van der Waals surface area contributed by atoms with Crippen LogP contribution >= 0.6 is 15.9 Å². The van der Waals surface area contributed by atoms with Crippen LogP contribution < -0.4 is 5.73 Å². The molecular weight excluding hydrogens is 282 g/mol. The number of hydrogen-bond donors (Lipinski definition) is 1. The number of rotatable bonds is 1. The van der Waals surface area contributed by atoms with E-state index in [0.29, 0.717) is 5.82 Å². The molecule has 0 saturated heterocycles. The molecule has 17 heavy (non-hydrogen) atoms. The largest absolute Gasteiger partial charge is 0.462 e. The van der Waals surface area contributed by atoms with Crippen molar-refractivity contribution in [3.63, 3.8) is 0 Å². The van der Waals surface area contributed by atoms with Gasteiger partial charge in [-0.15, -0.1) is 0 Å². The van der Waals surface area contributed by atoms with Crippen LogP contribution in [0.4, 0.5) is 5.82 Å². The Morgan fingerprint density at radius 1 is 1.35 bits per heavy atom. The Kier molecular flexibility index (Phi) is 2.22. The molecule has 0 amide bonds. The summed E-state index contributed by atoms with van der Waals surface area (Å²) in [5.74, 6) is 0.630. The van der Waals surface area contributed by atoms with Gasteiger partial charge in [-0.1, -0.05) is 12.1 Å². The number of aryl methyl sites for hydroxylation is 1. The molecule has 3 aromatic rings. The number of furan rings is 1. The first-order chi connectivity index (χ1) is 8.18. The van der Waals surface area contributed by atoms with Crippen LogP contribution in [0.1, 0.15) is 0 Å². The van der Waals surface area contributed by atoms with Gasteiger partial charge in [-0.05, 0) is 22.0 Å². The molecule has 86 valence electrons. The minimum atomic E-state index is 0.630. The van der Waals surface area contributed by atoms with Crippen molar-refractivity contribution in [1.29, 1.82) is 0 Å². The van der Waals surface area contributed by atoms with Crippen LogP contribution in [0.5, 0.6) is 0 Å². The zero-order valence-electron chi connectivity index (χ0n) is 9.14. The van der Waals surface area contributed by atoms with Gasteiger partial charge >= 0.3 is 0 Å². The Labute approximate surface area is 106 Å². The number of nitrogen functional groups attached to an aromatic ring is 1. The summed E-state index contributed by atoms with van der Waals surface area (Å²) in [6.07, 6.45) is 3.43. The molecular formula is C12H10BrN3O. The maximum atomic E-state index is 5.98. The van der Waals surface area contributed by atoms with Gasteiger partial charge in [0.25, 0.3) is 0 Å². The highest BCUT2D eigenvalue weighted by atomic mass is 79.9. The molecule has 2 aromatic heterocycles. The van der Waals surface area contributed by atoms with Crippen LogP contribution in [-0.2, 0) is 7.05 Å². The third-order valence-corrected chi connectivity index (χ3v) is 3.44. The quantitative estimate of drug-likeness (QED) is 0.749. The van der Waals surface area contributed by atoms with Crippen LogP contribution in [0, 0.1) is 0 Å². The molecule has 4 nitrogen and oxygen atoms in total. The lowest BCUT2D eigenvalue weighted by molar-refractivity contribution is 0.615. The average molecular weight is 292 g/mol. The second kappa shape index (κ2) is 3.63. The second-order valence-corrected chi connectivity index (χ2v) is 4.69. The Hall–Kier alpha value is -1.75. The first kappa shape index (κ1) is 10.4. The summed E-state index contributed by atoms with van der Waals surface area (Å²) in [6.45, 7) is 0. The summed E-state index contributed by atoms with van der Waals surface area (Å²) in [5, 5.41) is 5.18. The molecule has 0 aliphatic carbocycles. The third-order valence-electron chi connectivity index (χ3n) is 2.83. The highest BCUT2D eigenvalue weighted by molar-refractivity contribution is 9.10. The van der Waals surface area contributed by atoms with Crippen LogP contribution in [0.2, 0.25) is 0 Å². The molecule has 5 heteroatoms. The number of aromatic nitrogens is 2. The summed E-state index contributed by atoms with van der Waals surface area (Å²) < 4.78 is 8.15. The van der Waals surface area contributed by atoms with Gasteiger partial charge in [0.1, 0.15) is 17.7 Å². The summed E-state index contributed by atoms with van der Waals surface area (Å²) in [7, 11) is 1.82. The Morgan fingerprint density at radius 2 is 2.18 bits per heavy atom. The highest BCUT2D eigenvalue weighted by Gasteiger charge is 2.14. The van der Waals surface area contributed by atoms with Crippen molar-refractivity contribution in [2.45, 2.75) is 0 Å². The van der Waals surface area contributed by atoms with Crippen molar-refractivity contribution in [2.24, 2.45) is 7.05 Å². The van der Waals surface area contributed by atoms with E-state index in [-0.39, 0.29) is 0 Å². The molecule has 0 fully saturated rings. The predicted molar refractivity (Wildman–Crippen MR) is 70.5 cm³/mol. The number of nitrogens with zero attached hydrogens (tertiary/aromatic N) is 2. The standard InChI is InChI=1S/C12H10BrN3O/c1-16-12(14)9(5-15-16)7-3-2-4-8-10(13)6-17-11(7)8/h2-6H,14H2,1H3. The normalized spacial score (nSPS) is 11.2. The van der Waals surface area contributed by atoms with Gasteiger partial charge in [0.05, 0.1) is 10.7 Å². The van der Waals surface area contributed by atoms with E-state index >= 15 is 0 Å². The monoisotopic (exact) mass is 291 g/mol. The van der Waals surface area contributed by atoms with E-state index in [1.165, 1.54) is 0 Å². The number of fused-ring (bicyclic) bond motifs is 1. The number of hydrogen-bond acceptors (Lipinski definition) is 3. The zero-order chi connectivity index (χ0) is 12.0.